The number of hydrogen-bond acceptors (Lipinski definition) is 2. The Morgan fingerprint density at radius 3 is 2.39 bits per heavy atom. The van der Waals surface area contributed by atoms with Crippen LogP contribution >= 0.6 is 12.4 Å². The largest absolute Gasteiger partial charge is 0.491 e. The summed E-state index contributed by atoms with van der Waals surface area (Å²) in [6, 6.07) is 6.38. The number of hydrogen-bond donors (Lipinski definition) is 1. The Labute approximate surface area is 116 Å². The van der Waals surface area contributed by atoms with E-state index in [-0.39, 0.29) is 23.4 Å². The lowest BCUT2D eigenvalue weighted by atomic mass is 9.85. The van der Waals surface area contributed by atoms with Crippen molar-refractivity contribution in [3.05, 3.63) is 29.3 Å². The molecule has 0 saturated heterocycles. The third-order valence-corrected chi connectivity index (χ3v) is 3.35. The van der Waals surface area contributed by atoms with E-state index in [9.17, 15) is 0 Å². The van der Waals surface area contributed by atoms with Crippen molar-refractivity contribution in [3.63, 3.8) is 0 Å². The number of aryl methyl sites for hydroxylation is 1. The van der Waals surface area contributed by atoms with E-state index in [2.05, 4.69) is 45.9 Å². The highest BCUT2D eigenvalue weighted by molar-refractivity contribution is 5.85. The maximum absolute atomic E-state index is 6.06. The molecule has 1 aliphatic carbocycles. The zero-order valence-corrected chi connectivity index (χ0v) is 12.6. The van der Waals surface area contributed by atoms with Gasteiger partial charge in [0.25, 0.3) is 0 Å². The molecule has 2 rings (SSSR count). The van der Waals surface area contributed by atoms with E-state index in [0.717, 1.165) is 18.6 Å². The summed E-state index contributed by atoms with van der Waals surface area (Å²) < 4.78 is 5.92. The Kier molecular flexibility index (Phi) is 4.34. The number of nitrogens with two attached hydrogens (primary N) is 1. The fraction of sp³-hybridized carbons (Fsp3) is 0.600. The van der Waals surface area contributed by atoms with Crippen LogP contribution in [0.3, 0.4) is 0 Å². The molecule has 0 heterocycles. The molecule has 1 aromatic carbocycles. The predicted molar refractivity (Wildman–Crippen MR) is 78.8 cm³/mol. The molecule has 3 heteroatoms. The van der Waals surface area contributed by atoms with Crippen LogP contribution < -0.4 is 10.5 Å². The number of rotatable bonds is 3. The van der Waals surface area contributed by atoms with Crippen LogP contribution in [-0.2, 0) is 5.41 Å². The van der Waals surface area contributed by atoms with Gasteiger partial charge in [-0.15, -0.1) is 12.4 Å². The molecule has 0 unspecified atom stereocenters. The van der Waals surface area contributed by atoms with Crippen LogP contribution in [0.15, 0.2) is 18.2 Å². The van der Waals surface area contributed by atoms with Gasteiger partial charge in [-0.25, -0.2) is 0 Å². The molecule has 2 nitrogen and oxygen atoms in total. The molecular weight excluding hydrogens is 246 g/mol. The molecule has 18 heavy (non-hydrogen) atoms. The average Bonchev–Trinajstić information content (AvgIpc) is 2.94. The second kappa shape index (κ2) is 5.10. The minimum atomic E-state index is -0.0555. The SMILES string of the molecule is Cc1ccc(OCC2(N)CC2)c(C(C)(C)C)c1.Cl. The second-order valence-electron chi connectivity index (χ2n) is 6.40. The molecule has 0 aromatic heterocycles. The van der Waals surface area contributed by atoms with Crippen molar-refractivity contribution in [2.75, 3.05) is 6.61 Å². The van der Waals surface area contributed by atoms with Crippen molar-refractivity contribution in [3.8, 4) is 5.75 Å². The first kappa shape index (κ1) is 15.3. The highest BCUT2D eigenvalue weighted by atomic mass is 35.5. The highest BCUT2D eigenvalue weighted by Gasteiger charge is 2.39. The average molecular weight is 270 g/mol. The Balaban J connectivity index is 0.00000162. The zero-order chi connectivity index (χ0) is 12.7. The molecule has 0 amide bonds. The molecule has 0 atom stereocenters. The van der Waals surface area contributed by atoms with Gasteiger partial charge in [-0.2, -0.15) is 0 Å². The quantitative estimate of drug-likeness (QED) is 0.910. The van der Waals surface area contributed by atoms with Gasteiger partial charge < -0.3 is 10.5 Å². The summed E-state index contributed by atoms with van der Waals surface area (Å²) in [6.07, 6.45) is 2.17. The van der Waals surface area contributed by atoms with Crippen LogP contribution in [0.4, 0.5) is 0 Å². The van der Waals surface area contributed by atoms with Gasteiger partial charge in [-0.1, -0.05) is 38.5 Å². The van der Waals surface area contributed by atoms with Crippen molar-refractivity contribution in [1.82, 2.24) is 0 Å². The third-order valence-electron chi connectivity index (χ3n) is 3.35. The first-order chi connectivity index (χ1) is 7.80. The molecule has 1 fully saturated rings. The third kappa shape index (κ3) is 3.63. The van der Waals surface area contributed by atoms with Gasteiger partial charge in [0, 0.05) is 0 Å². The molecule has 0 radical (unpaired) electrons. The van der Waals surface area contributed by atoms with Crippen LogP contribution in [0, 0.1) is 6.92 Å². The van der Waals surface area contributed by atoms with Crippen molar-refractivity contribution in [2.45, 2.75) is 51.5 Å². The molecule has 0 bridgehead atoms. The molecule has 1 saturated carbocycles. The first-order valence-electron chi connectivity index (χ1n) is 6.33. The van der Waals surface area contributed by atoms with E-state index in [1.807, 2.05) is 0 Å². The molecule has 102 valence electrons. The molecular formula is C15H24ClNO. The molecule has 2 N–H and O–H groups in total. The second-order valence-corrected chi connectivity index (χ2v) is 6.40. The van der Waals surface area contributed by atoms with Gasteiger partial charge in [0.1, 0.15) is 12.4 Å². The monoisotopic (exact) mass is 269 g/mol. The van der Waals surface area contributed by atoms with Gasteiger partial charge in [-0.3, -0.25) is 0 Å². The van der Waals surface area contributed by atoms with Gasteiger partial charge in [0.05, 0.1) is 5.54 Å². The van der Waals surface area contributed by atoms with Gasteiger partial charge in [0.15, 0.2) is 0 Å². The minimum Gasteiger partial charge on any atom is -0.491 e. The summed E-state index contributed by atoms with van der Waals surface area (Å²) in [7, 11) is 0. The lowest BCUT2D eigenvalue weighted by molar-refractivity contribution is 0.273. The van der Waals surface area contributed by atoms with E-state index < -0.39 is 0 Å². The predicted octanol–water partition coefficient (Wildman–Crippen LogP) is 3.58. The van der Waals surface area contributed by atoms with Gasteiger partial charge in [0.2, 0.25) is 0 Å². The van der Waals surface area contributed by atoms with Crippen molar-refractivity contribution in [1.29, 1.82) is 0 Å². The van der Waals surface area contributed by atoms with E-state index >= 15 is 0 Å². The summed E-state index contributed by atoms with van der Waals surface area (Å²) in [5, 5.41) is 0. The van der Waals surface area contributed by atoms with Crippen LogP contribution in [0.2, 0.25) is 0 Å². The number of ether oxygens (including phenoxy) is 1. The zero-order valence-electron chi connectivity index (χ0n) is 11.7. The summed E-state index contributed by atoms with van der Waals surface area (Å²) in [5.41, 5.74) is 8.65. The van der Waals surface area contributed by atoms with Crippen LogP contribution in [0.5, 0.6) is 5.75 Å². The smallest absolute Gasteiger partial charge is 0.123 e. The Morgan fingerprint density at radius 1 is 1.28 bits per heavy atom. The Hall–Kier alpha value is -0.730. The minimum absolute atomic E-state index is 0. The summed E-state index contributed by atoms with van der Waals surface area (Å²) >= 11 is 0. The van der Waals surface area contributed by atoms with Crippen LogP contribution in [-0.4, -0.2) is 12.1 Å². The van der Waals surface area contributed by atoms with E-state index in [1.165, 1.54) is 11.1 Å². The van der Waals surface area contributed by atoms with Gasteiger partial charge in [-0.05, 0) is 36.8 Å². The van der Waals surface area contributed by atoms with Gasteiger partial charge >= 0.3 is 0 Å². The lowest BCUT2D eigenvalue weighted by Crippen LogP contribution is -2.30. The summed E-state index contributed by atoms with van der Waals surface area (Å²) in [4.78, 5) is 0. The highest BCUT2D eigenvalue weighted by Crippen LogP contribution is 2.36. The van der Waals surface area contributed by atoms with E-state index in [0.29, 0.717) is 6.61 Å². The molecule has 0 aliphatic heterocycles. The van der Waals surface area contributed by atoms with Crippen molar-refractivity contribution in [2.24, 2.45) is 5.73 Å². The fourth-order valence-corrected chi connectivity index (χ4v) is 1.88. The number of benzene rings is 1. The van der Waals surface area contributed by atoms with E-state index in [4.69, 9.17) is 10.5 Å². The summed E-state index contributed by atoms with van der Waals surface area (Å²) in [6.45, 7) is 9.39. The molecule has 0 spiro atoms. The van der Waals surface area contributed by atoms with Crippen molar-refractivity contribution >= 4 is 12.4 Å². The maximum atomic E-state index is 6.06. The Bertz CT molecular complexity index is 419. The number of halogens is 1. The van der Waals surface area contributed by atoms with E-state index in [1.54, 1.807) is 0 Å². The lowest BCUT2D eigenvalue weighted by Gasteiger charge is -2.24. The van der Waals surface area contributed by atoms with Crippen molar-refractivity contribution < 1.29 is 4.74 Å². The standard InChI is InChI=1S/C15H23NO.ClH/c1-11-5-6-13(12(9-11)14(2,3)4)17-10-15(16)7-8-15;/h5-6,9H,7-8,10,16H2,1-4H3;1H. The first-order valence-corrected chi connectivity index (χ1v) is 6.33. The normalized spacial score (nSPS) is 16.9. The fourth-order valence-electron chi connectivity index (χ4n) is 1.88. The van der Waals surface area contributed by atoms with Crippen LogP contribution in [0.25, 0.3) is 0 Å². The summed E-state index contributed by atoms with van der Waals surface area (Å²) in [5.74, 6) is 0.986. The topological polar surface area (TPSA) is 35.2 Å². The molecule has 1 aliphatic rings. The van der Waals surface area contributed by atoms with Crippen LogP contribution in [0.1, 0.15) is 44.7 Å². The maximum Gasteiger partial charge on any atom is 0.123 e. The molecule has 1 aromatic rings. The Morgan fingerprint density at radius 2 is 1.89 bits per heavy atom.